The van der Waals surface area contributed by atoms with E-state index in [9.17, 15) is 4.79 Å². The lowest BCUT2D eigenvalue weighted by Crippen LogP contribution is -2.38. The van der Waals surface area contributed by atoms with Crippen molar-refractivity contribution in [3.63, 3.8) is 0 Å². The van der Waals surface area contributed by atoms with Gasteiger partial charge in [-0.3, -0.25) is 9.69 Å². The molecule has 1 aromatic carbocycles. The summed E-state index contributed by atoms with van der Waals surface area (Å²) in [5.74, 6) is 0.850. The molecule has 0 heterocycles. The van der Waals surface area contributed by atoms with Gasteiger partial charge in [-0.2, -0.15) is 0 Å². The molecule has 19 heavy (non-hydrogen) atoms. The third-order valence-electron chi connectivity index (χ3n) is 3.64. The van der Waals surface area contributed by atoms with Crippen LogP contribution < -0.4 is 5.32 Å². The lowest BCUT2D eigenvalue weighted by Gasteiger charge is -2.29. The molecule has 1 N–H and O–H groups in total. The van der Waals surface area contributed by atoms with Crippen LogP contribution in [0.1, 0.15) is 24.8 Å². The first-order valence-electron chi connectivity index (χ1n) is 6.84. The van der Waals surface area contributed by atoms with Gasteiger partial charge in [0.25, 0.3) is 0 Å². The van der Waals surface area contributed by atoms with Crippen LogP contribution in [-0.4, -0.2) is 30.9 Å². The highest BCUT2D eigenvalue weighted by Crippen LogP contribution is 2.26. The van der Waals surface area contributed by atoms with Crippen LogP contribution in [0.25, 0.3) is 0 Å². The smallest absolute Gasteiger partial charge is 0.234 e. The maximum Gasteiger partial charge on any atom is 0.234 e. The Kier molecular flexibility index (Phi) is 5.23. The summed E-state index contributed by atoms with van der Waals surface area (Å²) in [5.41, 5.74) is 0.958. The van der Waals surface area contributed by atoms with Crippen molar-refractivity contribution in [2.45, 2.75) is 25.8 Å². The van der Waals surface area contributed by atoms with Crippen molar-refractivity contribution < 1.29 is 4.79 Å². The van der Waals surface area contributed by atoms with Crippen molar-refractivity contribution >= 4 is 17.5 Å². The van der Waals surface area contributed by atoms with Crippen LogP contribution in [0.2, 0.25) is 5.02 Å². The summed E-state index contributed by atoms with van der Waals surface area (Å²) in [4.78, 5) is 13.9. The van der Waals surface area contributed by atoms with Crippen molar-refractivity contribution in [2.75, 3.05) is 20.1 Å². The van der Waals surface area contributed by atoms with E-state index in [1.165, 1.54) is 19.3 Å². The largest absolute Gasteiger partial charge is 0.351 e. The highest BCUT2D eigenvalue weighted by Gasteiger charge is 2.19. The summed E-state index contributed by atoms with van der Waals surface area (Å²) in [6.45, 7) is 1.98. The van der Waals surface area contributed by atoms with Crippen LogP contribution in [0, 0.1) is 5.92 Å². The van der Waals surface area contributed by atoms with E-state index in [2.05, 4.69) is 10.2 Å². The van der Waals surface area contributed by atoms with Gasteiger partial charge in [0.1, 0.15) is 0 Å². The second-order valence-electron chi connectivity index (χ2n) is 5.36. The van der Waals surface area contributed by atoms with Gasteiger partial charge in [0.15, 0.2) is 0 Å². The summed E-state index contributed by atoms with van der Waals surface area (Å²) >= 11 is 6.05. The van der Waals surface area contributed by atoms with Gasteiger partial charge in [-0.25, -0.2) is 0 Å². The summed E-state index contributed by atoms with van der Waals surface area (Å²) < 4.78 is 0. The van der Waals surface area contributed by atoms with Crippen LogP contribution in [0.15, 0.2) is 24.3 Å². The summed E-state index contributed by atoms with van der Waals surface area (Å²) in [6, 6.07) is 7.59. The molecule has 4 heteroatoms. The van der Waals surface area contributed by atoms with E-state index >= 15 is 0 Å². The minimum absolute atomic E-state index is 0.0572. The van der Waals surface area contributed by atoms with E-state index < -0.39 is 0 Å². The van der Waals surface area contributed by atoms with Gasteiger partial charge in [-0.1, -0.05) is 36.2 Å². The number of hydrogen-bond acceptors (Lipinski definition) is 2. The molecule has 0 unspecified atom stereocenters. The van der Waals surface area contributed by atoms with Gasteiger partial charge in [0.2, 0.25) is 5.91 Å². The number of halogens is 1. The number of nitrogens with one attached hydrogen (secondary N) is 1. The molecule has 0 aromatic heterocycles. The summed E-state index contributed by atoms with van der Waals surface area (Å²) in [6.07, 6.45) is 3.97. The Morgan fingerprint density at radius 2 is 2.16 bits per heavy atom. The maximum absolute atomic E-state index is 11.8. The second kappa shape index (κ2) is 6.92. The number of carbonyl (C=O) groups excluding carboxylic acids is 1. The number of carbonyl (C=O) groups is 1. The molecule has 0 bridgehead atoms. The monoisotopic (exact) mass is 280 g/mol. The molecule has 3 nitrogen and oxygen atoms in total. The van der Waals surface area contributed by atoms with Crippen molar-refractivity contribution in [1.29, 1.82) is 0 Å². The molecule has 1 aliphatic carbocycles. The fourth-order valence-electron chi connectivity index (χ4n) is 2.32. The molecule has 2 rings (SSSR count). The van der Waals surface area contributed by atoms with Crippen molar-refractivity contribution in [3.05, 3.63) is 34.9 Å². The third-order valence-corrected chi connectivity index (χ3v) is 4.01. The number of nitrogens with zero attached hydrogens (tertiary/aromatic N) is 1. The first-order valence-corrected chi connectivity index (χ1v) is 7.21. The standard InChI is InChI=1S/C15H21ClN2O/c1-18(10-12-5-4-6-12)11-15(19)17-9-13-7-2-3-8-14(13)16/h2-3,7-8,12H,4-6,9-11H2,1H3,(H,17,19). The molecule has 1 aliphatic rings. The molecule has 1 fully saturated rings. The van der Waals surface area contributed by atoms with Gasteiger partial charge >= 0.3 is 0 Å². The van der Waals surface area contributed by atoms with Crippen LogP contribution >= 0.6 is 11.6 Å². The topological polar surface area (TPSA) is 32.3 Å². The summed E-state index contributed by atoms with van der Waals surface area (Å²) in [7, 11) is 2.01. The van der Waals surface area contributed by atoms with Crippen molar-refractivity contribution in [3.8, 4) is 0 Å². The number of likely N-dealkylation sites (N-methyl/N-ethyl adjacent to an activating group) is 1. The van der Waals surface area contributed by atoms with Crippen molar-refractivity contribution in [2.24, 2.45) is 5.92 Å². The Balaban J connectivity index is 1.70. The van der Waals surface area contributed by atoms with Gasteiger partial charge in [-0.15, -0.1) is 0 Å². The van der Waals surface area contributed by atoms with E-state index in [1.807, 2.05) is 31.3 Å². The fraction of sp³-hybridized carbons (Fsp3) is 0.533. The molecule has 1 aromatic rings. The van der Waals surface area contributed by atoms with Gasteiger partial charge in [0, 0.05) is 18.1 Å². The van der Waals surface area contributed by atoms with Gasteiger partial charge in [0.05, 0.1) is 6.54 Å². The average molecular weight is 281 g/mol. The normalized spacial score (nSPS) is 15.3. The Bertz CT molecular complexity index is 432. The van der Waals surface area contributed by atoms with Crippen LogP contribution in [-0.2, 0) is 11.3 Å². The van der Waals surface area contributed by atoms with Crippen molar-refractivity contribution in [1.82, 2.24) is 10.2 Å². The Hall–Kier alpha value is -1.06. The molecule has 0 spiro atoms. The van der Waals surface area contributed by atoms with Crippen LogP contribution in [0.5, 0.6) is 0 Å². The molecule has 0 atom stereocenters. The lowest BCUT2D eigenvalue weighted by molar-refractivity contribution is -0.122. The van der Waals surface area contributed by atoms with E-state index in [1.54, 1.807) is 0 Å². The Morgan fingerprint density at radius 3 is 2.79 bits per heavy atom. The number of hydrogen-bond donors (Lipinski definition) is 1. The molecule has 1 amide bonds. The summed E-state index contributed by atoms with van der Waals surface area (Å²) in [5, 5.41) is 3.61. The first-order chi connectivity index (χ1) is 9.15. The molecule has 1 saturated carbocycles. The van der Waals surface area contributed by atoms with Crippen LogP contribution in [0.4, 0.5) is 0 Å². The SMILES string of the molecule is CN(CC(=O)NCc1ccccc1Cl)CC1CCC1. The van der Waals surface area contributed by atoms with E-state index in [-0.39, 0.29) is 5.91 Å². The number of rotatable bonds is 6. The average Bonchev–Trinajstić information content (AvgIpc) is 2.33. The minimum atomic E-state index is 0.0572. The zero-order valence-electron chi connectivity index (χ0n) is 11.4. The zero-order valence-corrected chi connectivity index (χ0v) is 12.1. The molecule has 0 saturated heterocycles. The quantitative estimate of drug-likeness (QED) is 0.869. The molecule has 0 radical (unpaired) electrons. The van der Waals surface area contributed by atoms with Crippen LogP contribution in [0.3, 0.4) is 0 Å². The fourth-order valence-corrected chi connectivity index (χ4v) is 2.52. The van der Waals surface area contributed by atoms with E-state index in [0.717, 1.165) is 18.0 Å². The molecular weight excluding hydrogens is 260 g/mol. The van der Waals surface area contributed by atoms with Gasteiger partial charge in [-0.05, 0) is 37.4 Å². The Labute approximate surface area is 119 Å². The van der Waals surface area contributed by atoms with E-state index in [4.69, 9.17) is 11.6 Å². The first kappa shape index (κ1) is 14.4. The Morgan fingerprint density at radius 1 is 1.42 bits per heavy atom. The predicted molar refractivity (Wildman–Crippen MR) is 78.1 cm³/mol. The zero-order chi connectivity index (χ0) is 13.7. The number of amides is 1. The molecule has 0 aliphatic heterocycles. The molecule has 104 valence electrons. The predicted octanol–water partition coefficient (Wildman–Crippen LogP) is 2.69. The van der Waals surface area contributed by atoms with E-state index in [0.29, 0.717) is 18.1 Å². The highest BCUT2D eigenvalue weighted by atomic mass is 35.5. The highest BCUT2D eigenvalue weighted by molar-refractivity contribution is 6.31. The third kappa shape index (κ3) is 4.51. The second-order valence-corrected chi connectivity index (χ2v) is 5.77. The minimum Gasteiger partial charge on any atom is -0.351 e. The molecular formula is C15H21ClN2O. The maximum atomic E-state index is 11.8. The lowest BCUT2D eigenvalue weighted by atomic mass is 9.85. The number of benzene rings is 1. The van der Waals surface area contributed by atoms with Gasteiger partial charge < -0.3 is 5.32 Å².